The molecule has 0 unspecified atom stereocenters. The molecule has 0 aliphatic heterocycles. The number of hydrogen-bond donors (Lipinski definition) is 0. The number of carbonyl (C=O) groups is 1. The second-order valence-corrected chi connectivity index (χ2v) is 7.58. The van der Waals surface area contributed by atoms with Crippen LogP contribution in [-0.2, 0) is 12.8 Å². The first-order chi connectivity index (χ1) is 15.0. The zero-order valence-electron chi connectivity index (χ0n) is 17.7. The van der Waals surface area contributed by atoms with Crippen molar-refractivity contribution in [3.63, 3.8) is 0 Å². The van der Waals surface area contributed by atoms with Crippen LogP contribution in [0.5, 0.6) is 5.75 Å². The van der Waals surface area contributed by atoms with Crippen molar-refractivity contribution in [3.05, 3.63) is 111 Å². The number of ketones is 1. The maximum atomic E-state index is 12.6. The molecule has 1 heterocycles. The van der Waals surface area contributed by atoms with Crippen molar-refractivity contribution < 1.29 is 13.9 Å². The minimum Gasteiger partial charge on any atom is -0.485 e. The van der Waals surface area contributed by atoms with Crippen LogP contribution in [0.25, 0.3) is 11.0 Å². The fraction of sp³-hybridized carbons (Fsp3) is 0.185. The maximum absolute atomic E-state index is 12.6. The average Bonchev–Trinajstić information content (AvgIpc) is 2.80. The Labute approximate surface area is 181 Å². The highest BCUT2D eigenvalue weighted by Crippen LogP contribution is 2.25. The number of rotatable bonds is 7. The van der Waals surface area contributed by atoms with Gasteiger partial charge in [-0.15, -0.1) is 0 Å². The molecular formula is C27H24O4. The standard InChI is InChI=1S/C27H24O4/c1-3-19-9-11-21(12-10-19)25(28)17-30-22-13-14-23-18(2)24(27(29)31-26(23)16-22)15-20-7-5-4-6-8-20/h4-14,16H,3,15,17H2,1-2H3. The van der Waals surface area contributed by atoms with Gasteiger partial charge < -0.3 is 9.15 Å². The van der Waals surface area contributed by atoms with Crippen LogP contribution < -0.4 is 10.4 Å². The highest BCUT2D eigenvalue weighted by atomic mass is 16.5. The molecular weight excluding hydrogens is 388 g/mol. The van der Waals surface area contributed by atoms with Gasteiger partial charge in [0.05, 0.1) is 0 Å². The largest absolute Gasteiger partial charge is 0.485 e. The fourth-order valence-corrected chi connectivity index (χ4v) is 3.63. The Kier molecular flexibility index (Phi) is 5.99. The third-order valence-electron chi connectivity index (χ3n) is 5.54. The Hall–Kier alpha value is -3.66. The van der Waals surface area contributed by atoms with Crippen LogP contribution in [0.4, 0.5) is 0 Å². The van der Waals surface area contributed by atoms with Crippen LogP contribution in [0.3, 0.4) is 0 Å². The Balaban J connectivity index is 1.53. The van der Waals surface area contributed by atoms with Crippen LogP contribution in [0.15, 0.2) is 82.0 Å². The van der Waals surface area contributed by atoms with E-state index in [0.29, 0.717) is 28.9 Å². The molecule has 31 heavy (non-hydrogen) atoms. The van der Waals surface area contributed by atoms with Crippen molar-refractivity contribution in [1.29, 1.82) is 0 Å². The molecule has 0 bridgehead atoms. The minimum atomic E-state index is -0.349. The monoisotopic (exact) mass is 412 g/mol. The summed E-state index contributed by atoms with van der Waals surface area (Å²) in [6.45, 7) is 3.93. The summed E-state index contributed by atoms with van der Waals surface area (Å²) in [5.41, 5.74) is 4.51. The summed E-state index contributed by atoms with van der Waals surface area (Å²) in [5, 5.41) is 0.861. The Morgan fingerprint density at radius 2 is 1.68 bits per heavy atom. The van der Waals surface area contributed by atoms with Gasteiger partial charge in [0.2, 0.25) is 0 Å². The van der Waals surface area contributed by atoms with Gasteiger partial charge in [0.25, 0.3) is 0 Å². The van der Waals surface area contributed by atoms with E-state index in [0.717, 1.165) is 22.9 Å². The van der Waals surface area contributed by atoms with E-state index in [4.69, 9.17) is 9.15 Å². The first-order valence-electron chi connectivity index (χ1n) is 10.4. The van der Waals surface area contributed by atoms with E-state index in [-0.39, 0.29) is 18.0 Å². The van der Waals surface area contributed by atoms with Crippen LogP contribution in [-0.4, -0.2) is 12.4 Å². The predicted octanol–water partition coefficient (Wildman–Crippen LogP) is 5.52. The molecule has 1 aromatic heterocycles. The second-order valence-electron chi connectivity index (χ2n) is 7.58. The first-order valence-corrected chi connectivity index (χ1v) is 10.4. The van der Waals surface area contributed by atoms with Gasteiger partial charge >= 0.3 is 5.63 Å². The normalized spacial score (nSPS) is 10.9. The highest BCUT2D eigenvalue weighted by molar-refractivity contribution is 5.97. The molecule has 0 fully saturated rings. The minimum absolute atomic E-state index is 0.0771. The SMILES string of the molecule is CCc1ccc(C(=O)COc2ccc3c(C)c(Cc4ccccc4)c(=O)oc3c2)cc1. The third kappa shape index (κ3) is 4.58. The van der Waals surface area contributed by atoms with Crippen LogP contribution >= 0.6 is 0 Å². The molecule has 0 saturated carbocycles. The third-order valence-corrected chi connectivity index (χ3v) is 5.54. The molecule has 0 spiro atoms. The highest BCUT2D eigenvalue weighted by Gasteiger charge is 2.13. The van der Waals surface area contributed by atoms with E-state index in [2.05, 4.69) is 6.92 Å². The summed E-state index contributed by atoms with van der Waals surface area (Å²) in [6, 6.07) is 22.7. The molecule has 4 aromatic rings. The number of fused-ring (bicyclic) bond motifs is 1. The van der Waals surface area contributed by atoms with E-state index >= 15 is 0 Å². The summed E-state index contributed by atoms with van der Waals surface area (Å²) >= 11 is 0. The van der Waals surface area contributed by atoms with Crippen molar-refractivity contribution in [2.75, 3.05) is 6.61 Å². The molecule has 4 nitrogen and oxygen atoms in total. The number of Topliss-reactive ketones (excluding diaryl/α,β-unsaturated/α-hetero) is 1. The van der Waals surface area contributed by atoms with Gasteiger partial charge in [-0.1, -0.05) is 61.5 Å². The van der Waals surface area contributed by atoms with E-state index < -0.39 is 0 Å². The van der Waals surface area contributed by atoms with Gasteiger partial charge in [-0.2, -0.15) is 0 Å². The molecule has 0 atom stereocenters. The average molecular weight is 412 g/mol. The number of hydrogen-bond acceptors (Lipinski definition) is 4. The lowest BCUT2D eigenvalue weighted by Gasteiger charge is -2.10. The van der Waals surface area contributed by atoms with Gasteiger partial charge in [0, 0.05) is 29.0 Å². The smallest absolute Gasteiger partial charge is 0.340 e. The number of benzene rings is 3. The summed E-state index contributed by atoms with van der Waals surface area (Å²) in [7, 11) is 0. The zero-order chi connectivity index (χ0) is 21.8. The molecule has 156 valence electrons. The topological polar surface area (TPSA) is 56.5 Å². The number of ether oxygens (including phenoxy) is 1. The molecule has 0 amide bonds. The summed E-state index contributed by atoms with van der Waals surface area (Å²) < 4.78 is 11.3. The molecule has 4 rings (SSSR count). The first kappa shape index (κ1) is 20.6. The second kappa shape index (κ2) is 9.00. The van der Waals surface area contributed by atoms with Gasteiger partial charge in [-0.05, 0) is 42.2 Å². The van der Waals surface area contributed by atoms with Gasteiger partial charge in [0.15, 0.2) is 12.4 Å². The van der Waals surface area contributed by atoms with Gasteiger partial charge in [-0.25, -0.2) is 4.79 Å². The van der Waals surface area contributed by atoms with Crippen molar-refractivity contribution in [3.8, 4) is 5.75 Å². The van der Waals surface area contributed by atoms with Gasteiger partial charge in [-0.3, -0.25) is 4.79 Å². The van der Waals surface area contributed by atoms with E-state index in [1.54, 1.807) is 12.1 Å². The van der Waals surface area contributed by atoms with Crippen molar-refractivity contribution in [1.82, 2.24) is 0 Å². The van der Waals surface area contributed by atoms with E-state index in [9.17, 15) is 9.59 Å². The quantitative estimate of drug-likeness (QED) is 0.296. The summed E-state index contributed by atoms with van der Waals surface area (Å²) in [6.07, 6.45) is 1.45. The van der Waals surface area contributed by atoms with Crippen molar-refractivity contribution >= 4 is 16.8 Å². The van der Waals surface area contributed by atoms with Crippen molar-refractivity contribution in [2.45, 2.75) is 26.7 Å². The molecule has 0 saturated heterocycles. The van der Waals surface area contributed by atoms with Crippen molar-refractivity contribution in [2.24, 2.45) is 0 Å². The van der Waals surface area contributed by atoms with Crippen LogP contribution in [0.1, 0.15) is 39.5 Å². The molecule has 0 aliphatic carbocycles. The number of aryl methyl sites for hydroxylation is 2. The Bertz CT molecular complexity index is 1270. The predicted molar refractivity (Wildman–Crippen MR) is 122 cm³/mol. The molecule has 0 aliphatic rings. The molecule has 0 N–H and O–H groups in total. The lowest BCUT2D eigenvalue weighted by molar-refractivity contribution is 0.0921. The van der Waals surface area contributed by atoms with E-state index in [1.165, 1.54) is 5.56 Å². The van der Waals surface area contributed by atoms with Crippen LogP contribution in [0, 0.1) is 6.92 Å². The fourth-order valence-electron chi connectivity index (χ4n) is 3.63. The van der Waals surface area contributed by atoms with E-state index in [1.807, 2.05) is 67.6 Å². The Morgan fingerprint density at radius 3 is 2.39 bits per heavy atom. The molecule has 0 radical (unpaired) electrons. The van der Waals surface area contributed by atoms with Crippen LogP contribution in [0.2, 0.25) is 0 Å². The Morgan fingerprint density at radius 1 is 0.935 bits per heavy atom. The lowest BCUT2D eigenvalue weighted by atomic mass is 10.00. The maximum Gasteiger partial charge on any atom is 0.340 e. The zero-order valence-corrected chi connectivity index (χ0v) is 17.7. The van der Waals surface area contributed by atoms with Gasteiger partial charge in [0.1, 0.15) is 11.3 Å². The summed E-state index contributed by atoms with van der Waals surface area (Å²) in [4.78, 5) is 25.0. The molecule has 3 aromatic carbocycles. The molecule has 4 heteroatoms. The lowest BCUT2D eigenvalue weighted by Crippen LogP contribution is -2.12. The number of carbonyl (C=O) groups excluding carboxylic acids is 1. The summed E-state index contributed by atoms with van der Waals surface area (Å²) in [5.74, 6) is 0.392.